The van der Waals surface area contributed by atoms with Crippen LogP contribution >= 0.6 is 11.6 Å². The molecule has 1 saturated heterocycles. The predicted molar refractivity (Wildman–Crippen MR) is 112 cm³/mol. The van der Waals surface area contributed by atoms with E-state index in [4.69, 9.17) is 30.5 Å². The van der Waals surface area contributed by atoms with Gasteiger partial charge in [0.2, 0.25) is 0 Å². The van der Waals surface area contributed by atoms with Crippen molar-refractivity contribution in [3.8, 4) is 17.2 Å². The molecule has 1 aliphatic heterocycles. The third-order valence-corrected chi connectivity index (χ3v) is 4.82. The Hall–Kier alpha value is -2.97. The molecule has 0 spiro atoms. The number of methoxy groups -OCH3 is 2. The zero-order valence-corrected chi connectivity index (χ0v) is 17.5. The molecule has 3 rings (SSSR count). The quantitative estimate of drug-likeness (QED) is 0.721. The lowest BCUT2D eigenvalue weighted by Gasteiger charge is -2.27. The van der Waals surface area contributed by atoms with Crippen LogP contribution in [0.25, 0.3) is 0 Å². The maximum Gasteiger partial charge on any atom is 0.262 e. The molecule has 1 aliphatic rings. The summed E-state index contributed by atoms with van der Waals surface area (Å²) < 4.78 is 21.3. The van der Waals surface area contributed by atoms with Gasteiger partial charge in [-0.3, -0.25) is 9.59 Å². The molecule has 160 valence electrons. The number of amides is 2. The summed E-state index contributed by atoms with van der Waals surface area (Å²) in [6.07, 6.45) is 0. The molecule has 8 nitrogen and oxygen atoms in total. The number of carbonyl (C=O) groups excluding carboxylic acids is 2. The first kappa shape index (κ1) is 21.7. The van der Waals surface area contributed by atoms with Gasteiger partial charge in [-0.05, 0) is 18.2 Å². The maximum atomic E-state index is 12.8. The average Bonchev–Trinajstić information content (AvgIpc) is 2.78. The van der Waals surface area contributed by atoms with E-state index in [1.54, 1.807) is 35.2 Å². The molecule has 2 aromatic carbocycles. The highest BCUT2D eigenvalue weighted by atomic mass is 35.5. The molecule has 0 atom stereocenters. The van der Waals surface area contributed by atoms with E-state index in [9.17, 15) is 9.59 Å². The lowest BCUT2D eigenvalue weighted by atomic mass is 10.1. The van der Waals surface area contributed by atoms with E-state index in [1.807, 2.05) is 0 Å². The highest BCUT2D eigenvalue weighted by molar-refractivity contribution is 6.32. The number of ether oxygens (including phenoxy) is 4. The van der Waals surface area contributed by atoms with Crippen LogP contribution in [0, 0.1) is 0 Å². The summed E-state index contributed by atoms with van der Waals surface area (Å²) >= 11 is 6.13. The number of hydrogen-bond acceptors (Lipinski definition) is 6. The van der Waals surface area contributed by atoms with Gasteiger partial charge in [0, 0.05) is 19.2 Å². The van der Waals surface area contributed by atoms with Gasteiger partial charge in [-0.15, -0.1) is 0 Å². The molecule has 1 heterocycles. The molecule has 0 aliphatic carbocycles. The number of morpholine rings is 1. The largest absolute Gasteiger partial charge is 0.495 e. The summed E-state index contributed by atoms with van der Waals surface area (Å²) in [7, 11) is 2.96. The molecule has 2 aromatic rings. The van der Waals surface area contributed by atoms with Crippen LogP contribution in [0.2, 0.25) is 5.02 Å². The molecule has 0 aromatic heterocycles. The summed E-state index contributed by atoms with van der Waals surface area (Å²) in [5.74, 6) is 0.579. The van der Waals surface area contributed by atoms with E-state index in [2.05, 4.69) is 5.32 Å². The molecular weight excluding hydrogens is 412 g/mol. The number of nitrogens with one attached hydrogen (secondary N) is 1. The van der Waals surface area contributed by atoms with E-state index in [0.29, 0.717) is 59.8 Å². The van der Waals surface area contributed by atoms with Crippen molar-refractivity contribution in [1.82, 2.24) is 4.90 Å². The smallest absolute Gasteiger partial charge is 0.262 e. The molecule has 1 fully saturated rings. The van der Waals surface area contributed by atoms with Crippen LogP contribution in [-0.4, -0.2) is 63.8 Å². The van der Waals surface area contributed by atoms with Crippen molar-refractivity contribution in [2.75, 3.05) is 52.4 Å². The Morgan fingerprint density at radius 3 is 2.47 bits per heavy atom. The first-order chi connectivity index (χ1) is 14.5. The lowest BCUT2D eigenvalue weighted by molar-refractivity contribution is -0.118. The molecule has 2 amide bonds. The summed E-state index contributed by atoms with van der Waals surface area (Å²) in [5, 5.41) is 3.02. The summed E-state index contributed by atoms with van der Waals surface area (Å²) in [6, 6.07) is 9.95. The van der Waals surface area contributed by atoms with E-state index in [-0.39, 0.29) is 12.5 Å². The van der Waals surface area contributed by atoms with Crippen molar-refractivity contribution in [3.05, 3.63) is 47.0 Å². The van der Waals surface area contributed by atoms with Gasteiger partial charge >= 0.3 is 0 Å². The minimum Gasteiger partial charge on any atom is -0.495 e. The topological polar surface area (TPSA) is 86.3 Å². The van der Waals surface area contributed by atoms with Crippen LogP contribution in [0.15, 0.2) is 36.4 Å². The number of carbonyl (C=O) groups is 2. The Labute approximate surface area is 179 Å². The number of benzene rings is 2. The van der Waals surface area contributed by atoms with Gasteiger partial charge in [0.1, 0.15) is 17.2 Å². The highest BCUT2D eigenvalue weighted by Crippen LogP contribution is 2.35. The van der Waals surface area contributed by atoms with Gasteiger partial charge in [0.15, 0.2) is 6.61 Å². The second-order valence-electron chi connectivity index (χ2n) is 6.42. The second kappa shape index (κ2) is 10.2. The third kappa shape index (κ3) is 5.14. The van der Waals surface area contributed by atoms with Gasteiger partial charge in [0.05, 0.1) is 43.7 Å². The van der Waals surface area contributed by atoms with E-state index in [0.717, 1.165) is 0 Å². The van der Waals surface area contributed by atoms with Gasteiger partial charge < -0.3 is 29.2 Å². The first-order valence-corrected chi connectivity index (χ1v) is 9.71. The Kier molecular flexibility index (Phi) is 7.37. The van der Waals surface area contributed by atoms with Crippen LogP contribution in [0.5, 0.6) is 17.2 Å². The summed E-state index contributed by atoms with van der Waals surface area (Å²) in [4.78, 5) is 26.9. The minimum atomic E-state index is -0.428. The van der Waals surface area contributed by atoms with Crippen molar-refractivity contribution >= 4 is 29.1 Å². The summed E-state index contributed by atoms with van der Waals surface area (Å²) in [6.45, 7) is 1.75. The second-order valence-corrected chi connectivity index (χ2v) is 6.83. The Morgan fingerprint density at radius 1 is 1.07 bits per heavy atom. The molecule has 0 bridgehead atoms. The van der Waals surface area contributed by atoms with Crippen molar-refractivity contribution in [3.63, 3.8) is 0 Å². The molecule has 1 N–H and O–H groups in total. The molecule has 0 unspecified atom stereocenters. The number of nitrogens with zero attached hydrogens (tertiary/aromatic N) is 1. The van der Waals surface area contributed by atoms with Crippen molar-refractivity contribution in [2.24, 2.45) is 0 Å². The average molecular weight is 435 g/mol. The van der Waals surface area contributed by atoms with Gasteiger partial charge in [0.25, 0.3) is 11.8 Å². The van der Waals surface area contributed by atoms with Crippen LogP contribution < -0.4 is 19.5 Å². The highest BCUT2D eigenvalue weighted by Gasteiger charge is 2.22. The zero-order chi connectivity index (χ0) is 21.5. The molecular formula is C21H23ClN2O6. The van der Waals surface area contributed by atoms with Crippen LogP contribution in [0.4, 0.5) is 5.69 Å². The van der Waals surface area contributed by atoms with Gasteiger partial charge in [-0.25, -0.2) is 0 Å². The first-order valence-electron chi connectivity index (χ1n) is 9.33. The molecule has 0 saturated carbocycles. The zero-order valence-electron chi connectivity index (χ0n) is 16.8. The van der Waals surface area contributed by atoms with Crippen LogP contribution in [0.1, 0.15) is 10.4 Å². The van der Waals surface area contributed by atoms with E-state index in [1.165, 1.54) is 20.3 Å². The van der Waals surface area contributed by atoms with E-state index >= 15 is 0 Å². The fourth-order valence-corrected chi connectivity index (χ4v) is 3.23. The standard InChI is InChI=1S/C21H23ClN2O6/c1-27-18-12-19(28-2)16(11-15(18)22)23-20(25)13-30-17-6-4-3-5-14(17)21(26)24-7-9-29-10-8-24/h3-6,11-12H,7-10,13H2,1-2H3,(H,23,25). The number of para-hydroxylation sites is 1. The third-order valence-electron chi connectivity index (χ3n) is 4.52. The number of rotatable bonds is 7. The molecule has 30 heavy (non-hydrogen) atoms. The normalized spacial score (nSPS) is 13.5. The predicted octanol–water partition coefficient (Wildman–Crippen LogP) is 2.85. The Morgan fingerprint density at radius 2 is 1.77 bits per heavy atom. The van der Waals surface area contributed by atoms with Crippen LogP contribution in [0.3, 0.4) is 0 Å². The van der Waals surface area contributed by atoms with Gasteiger partial charge in [-0.2, -0.15) is 0 Å². The number of anilines is 1. The van der Waals surface area contributed by atoms with Crippen LogP contribution in [-0.2, 0) is 9.53 Å². The minimum absolute atomic E-state index is 0.155. The molecule has 0 radical (unpaired) electrons. The number of hydrogen-bond donors (Lipinski definition) is 1. The Bertz CT molecular complexity index is 914. The lowest BCUT2D eigenvalue weighted by Crippen LogP contribution is -2.40. The SMILES string of the molecule is COc1cc(OC)c(NC(=O)COc2ccccc2C(=O)N2CCOCC2)cc1Cl. The monoisotopic (exact) mass is 434 g/mol. The Balaban J connectivity index is 1.67. The summed E-state index contributed by atoms with van der Waals surface area (Å²) in [5.41, 5.74) is 0.784. The van der Waals surface area contributed by atoms with Crippen molar-refractivity contribution in [2.45, 2.75) is 0 Å². The van der Waals surface area contributed by atoms with Crippen molar-refractivity contribution < 1.29 is 28.5 Å². The molecule has 9 heteroatoms. The fourth-order valence-electron chi connectivity index (χ4n) is 2.99. The van der Waals surface area contributed by atoms with Gasteiger partial charge in [-0.1, -0.05) is 23.7 Å². The van der Waals surface area contributed by atoms with Crippen molar-refractivity contribution in [1.29, 1.82) is 0 Å². The fraction of sp³-hybridized carbons (Fsp3) is 0.333. The number of halogens is 1. The maximum absolute atomic E-state index is 12.8. The van der Waals surface area contributed by atoms with E-state index < -0.39 is 5.91 Å².